The van der Waals surface area contributed by atoms with Crippen molar-refractivity contribution in [2.75, 3.05) is 39.8 Å². The standard InChI is InChI=1S/C14H22N2O7S2/c1-15(2)16(11-8-24(18,19)9-12(11)17)25(20,21)14-7-10(22-3)5-6-13(14)23-4/h5-7,11-12,17H,8-9H2,1-4H3/t11-,12+/m0/s1. The van der Waals surface area contributed by atoms with Gasteiger partial charge in [0.05, 0.1) is 37.9 Å². The number of nitrogens with zero attached hydrogens (tertiary/aromatic N) is 2. The zero-order chi connectivity index (χ0) is 19.0. The van der Waals surface area contributed by atoms with Gasteiger partial charge >= 0.3 is 0 Å². The molecule has 1 aromatic rings. The number of rotatable bonds is 6. The Morgan fingerprint density at radius 1 is 1.16 bits per heavy atom. The lowest BCUT2D eigenvalue weighted by molar-refractivity contribution is 0.0270. The second kappa shape index (κ2) is 7.08. The minimum atomic E-state index is -4.21. The largest absolute Gasteiger partial charge is 0.497 e. The van der Waals surface area contributed by atoms with E-state index in [-0.39, 0.29) is 10.6 Å². The van der Waals surface area contributed by atoms with Crippen LogP contribution in [0.3, 0.4) is 0 Å². The molecule has 0 spiro atoms. The number of sulfonamides is 1. The molecule has 1 N–H and O–H groups in total. The number of sulfone groups is 1. The van der Waals surface area contributed by atoms with Crippen LogP contribution in [0, 0.1) is 0 Å². The van der Waals surface area contributed by atoms with E-state index in [0.29, 0.717) is 5.75 Å². The summed E-state index contributed by atoms with van der Waals surface area (Å²) < 4.78 is 61.1. The Morgan fingerprint density at radius 3 is 2.24 bits per heavy atom. The first kappa shape index (κ1) is 19.9. The summed E-state index contributed by atoms with van der Waals surface area (Å²) in [7, 11) is -2.10. The van der Waals surface area contributed by atoms with E-state index in [1.165, 1.54) is 45.5 Å². The predicted molar refractivity (Wildman–Crippen MR) is 90.7 cm³/mol. The molecular weight excluding hydrogens is 372 g/mol. The Labute approximate surface area is 147 Å². The smallest absolute Gasteiger partial charge is 0.260 e. The van der Waals surface area contributed by atoms with E-state index < -0.39 is 43.5 Å². The van der Waals surface area contributed by atoms with Crippen molar-refractivity contribution < 1.29 is 31.4 Å². The van der Waals surface area contributed by atoms with Gasteiger partial charge in [-0.25, -0.2) is 21.8 Å². The summed E-state index contributed by atoms with van der Waals surface area (Å²) in [5.41, 5.74) is 0. The van der Waals surface area contributed by atoms with Crippen LogP contribution in [-0.2, 0) is 19.9 Å². The van der Waals surface area contributed by atoms with Crippen LogP contribution < -0.4 is 9.47 Å². The fraction of sp³-hybridized carbons (Fsp3) is 0.571. The fourth-order valence-corrected chi connectivity index (χ4v) is 6.53. The summed E-state index contributed by atoms with van der Waals surface area (Å²) >= 11 is 0. The van der Waals surface area contributed by atoms with E-state index in [9.17, 15) is 21.9 Å². The molecule has 2 atom stereocenters. The molecule has 142 valence electrons. The van der Waals surface area contributed by atoms with Crippen molar-refractivity contribution in [1.82, 2.24) is 9.42 Å². The van der Waals surface area contributed by atoms with Crippen molar-refractivity contribution in [1.29, 1.82) is 0 Å². The van der Waals surface area contributed by atoms with Gasteiger partial charge in [-0.05, 0) is 12.1 Å². The van der Waals surface area contributed by atoms with E-state index in [2.05, 4.69) is 0 Å². The van der Waals surface area contributed by atoms with Gasteiger partial charge in [-0.3, -0.25) is 0 Å². The molecular formula is C14H22N2O7S2. The first-order valence-corrected chi connectivity index (χ1v) is 10.6. The lowest BCUT2D eigenvalue weighted by atomic mass is 10.2. The first-order chi connectivity index (χ1) is 11.5. The quantitative estimate of drug-likeness (QED) is 0.632. The molecule has 0 aliphatic carbocycles. The van der Waals surface area contributed by atoms with Gasteiger partial charge in [-0.2, -0.15) is 0 Å². The van der Waals surface area contributed by atoms with E-state index in [1.807, 2.05) is 0 Å². The summed E-state index contributed by atoms with van der Waals surface area (Å²) in [5.74, 6) is -0.550. The van der Waals surface area contributed by atoms with Gasteiger partial charge in [0.2, 0.25) is 0 Å². The minimum Gasteiger partial charge on any atom is -0.497 e. The zero-order valence-electron chi connectivity index (χ0n) is 14.4. The normalized spacial score (nSPS) is 23.2. The van der Waals surface area contributed by atoms with E-state index in [1.54, 1.807) is 6.07 Å². The molecule has 0 amide bonds. The van der Waals surface area contributed by atoms with Gasteiger partial charge in [0, 0.05) is 20.2 Å². The summed E-state index contributed by atoms with van der Waals surface area (Å²) in [6.45, 7) is 0. The van der Waals surface area contributed by atoms with Crippen LogP contribution in [0.4, 0.5) is 0 Å². The zero-order valence-corrected chi connectivity index (χ0v) is 16.0. The molecule has 11 heteroatoms. The van der Waals surface area contributed by atoms with Gasteiger partial charge < -0.3 is 14.6 Å². The van der Waals surface area contributed by atoms with Crippen molar-refractivity contribution in [2.24, 2.45) is 0 Å². The van der Waals surface area contributed by atoms with Gasteiger partial charge in [0.1, 0.15) is 16.4 Å². The van der Waals surface area contributed by atoms with Crippen molar-refractivity contribution in [2.45, 2.75) is 17.0 Å². The highest BCUT2D eigenvalue weighted by Crippen LogP contribution is 2.33. The van der Waals surface area contributed by atoms with Crippen molar-refractivity contribution >= 4 is 19.9 Å². The average Bonchev–Trinajstić information content (AvgIpc) is 2.78. The maximum absolute atomic E-state index is 13.2. The molecule has 0 radical (unpaired) electrons. The molecule has 1 aliphatic heterocycles. The topological polar surface area (TPSA) is 113 Å². The number of hydrogen-bond donors (Lipinski definition) is 1. The number of ether oxygens (including phenoxy) is 2. The van der Waals surface area contributed by atoms with Crippen molar-refractivity contribution in [3.63, 3.8) is 0 Å². The van der Waals surface area contributed by atoms with E-state index in [4.69, 9.17) is 9.47 Å². The van der Waals surface area contributed by atoms with Crippen molar-refractivity contribution in [3.8, 4) is 11.5 Å². The van der Waals surface area contributed by atoms with E-state index >= 15 is 0 Å². The maximum atomic E-state index is 13.2. The van der Waals surface area contributed by atoms with Crippen LogP contribution in [0.5, 0.6) is 11.5 Å². The number of benzene rings is 1. The molecule has 1 heterocycles. The Kier molecular flexibility index (Phi) is 5.64. The SMILES string of the molecule is COc1ccc(OC)c(S(=O)(=O)N([C@H]2CS(=O)(=O)C[C@H]2O)N(C)C)c1. The molecule has 1 fully saturated rings. The van der Waals surface area contributed by atoms with Crippen LogP contribution in [0.1, 0.15) is 0 Å². The summed E-state index contributed by atoms with van der Waals surface area (Å²) in [6, 6.07) is 3.16. The van der Waals surface area contributed by atoms with Gasteiger partial charge in [0.15, 0.2) is 9.84 Å². The average molecular weight is 394 g/mol. The molecule has 0 aromatic heterocycles. The molecule has 0 unspecified atom stereocenters. The highest BCUT2D eigenvalue weighted by molar-refractivity contribution is 7.92. The Balaban J connectivity index is 2.58. The number of aliphatic hydroxyl groups excluding tert-OH is 1. The molecule has 25 heavy (non-hydrogen) atoms. The molecule has 1 aliphatic rings. The number of aliphatic hydroxyl groups is 1. The Hall–Kier alpha value is -1.40. The molecule has 1 aromatic carbocycles. The second-order valence-electron chi connectivity index (χ2n) is 5.85. The second-order valence-corrected chi connectivity index (χ2v) is 9.77. The molecule has 0 bridgehead atoms. The summed E-state index contributed by atoms with van der Waals surface area (Å²) in [4.78, 5) is -0.181. The highest BCUT2D eigenvalue weighted by Gasteiger charge is 2.46. The van der Waals surface area contributed by atoms with Crippen LogP contribution in [0.2, 0.25) is 0 Å². The Morgan fingerprint density at radius 2 is 1.80 bits per heavy atom. The number of methoxy groups -OCH3 is 2. The van der Waals surface area contributed by atoms with Crippen LogP contribution >= 0.6 is 0 Å². The lowest BCUT2D eigenvalue weighted by Gasteiger charge is -2.34. The lowest BCUT2D eigenvalue weighted by Crippen LogP contribution is -2.53. The third-order valence-corrected chi connectivity index (χ3v) is 7.53. The maximum Gasteiger partial charge on any atom is 0.260 e. The molecule has 2 rings (SSSR count). The summed E-state index contributed by atoms with van der Waals surface area (Å²) in [5, 5.41) is 11.4. The third kappa shape index (κ3) is 3.90. The highest BCUT2D eigenvalue weighted by atomic mass is 32.2. The number of hydrazine groups is 1. The van der Waals surface area contributed by atoms with Crippen molar-refractivity contribution in [3.05, 3.63) is 18.2 Å². The fourth-order valence-electron chi connectivity index (χ4n) is 2.80. The molecule has 0 saturated carbocycles. The van der Waals surface area contributed by atoms with Gasteiger partial charge in [0.25, 0.3) is 10.0 Å². The predicted octanol–water partition coefficient (Wildman–Crippen LogP) is -0.671. The van der Waals surface area contributed by atoms with E-state index in [0.717, 1.165) is 4.41 Å². The molecule has 9 nitrogen and oxygen atoms in total. The first-order valence-electron chi connectivity index (χ1n) is 7.35. The third-order valence-electron chi connectivity index (χ3n) is 3.87. The monoisotopic (exact) mass is 394 g/mol. The van der Waals surface area contributed by atoms with Gasteiger partial charge in [-0.1, -0.05) is 0 Å². The van der Waals surface area contributed by atoms with Crippen LogP contribution in [0.15, 0.2) is 23.1 Å². The molecule has 1 saturated heterocycles. The van der Waals surface area contributed by atoms with Crippen LogP contribution in [0.25, 0.3) is 0 Å². The van der Waals surface area contributed by atoms with Gasteiger partial charge in [-0.15, -0.1) is 4.41 Å². The number of hydrogen-bond acceptors (Lipinski definition) is 8. The Bertz CT molecular complexity index is 837. The minimum absolute atomic E-state index is 0.0861. The summed E-state index contributed by atoms with van der Waals surface area (Å²) in [6.07, 6.45) is -1.32. The van der Waals surface area contributed by atoms with Crippen LogP contribution in [-0.4, -0.2) is 83.3 Å².